The van der Waals surface area contributed by atoms with E-state index in [-0.39, 0.29) is 11.9 Å². The minimum atomic E-state index is -0.109. The SMILES string of the molecule is CCc1nc(N2CCOCC2)ncc1C(=O)N[C@H](c1cccs1)C(C)C. The molecule has 26 heavy (non-hydrogen) atoms. The maximum absolute atomic E-state index is 12.9. The number of carbonyl (C=O) groups is 1. The summed E-state index contributed by atoms with van der Waals surface area (Å²) in [5, 5.41) is 5.20. The molecule has 0 saturated carbocycles. The predicted octanol–water partition coefficient (Wildman–Crippen LogP) is 3.06. The molecule has 3 rings (SSSR count). The fourth-order valence-electron chi connectivity index (χ4n) is 3.04. The molecule has 0 bridgehead atoms. The van der Waals surface area contributed by atoms with E-state index >= 15 is 0 Å². The standard InChI is InChI=1S/C19H26N4O2S/c1-4-15-14(12-20-19(21-15)23-7-9-25-10-8-23)18(24)22-17(13(2)3)16-6-5-11-26-16/h5-6,11-13,17H,4,7-10H2,1-3H3,(H,22,24)/t17-/m0/s1. The van der Waals surface area contributed by atoms with Crippen LogP contribution in [0.2, 0.25) is 0 Å². The van der Waals surface area contributed by atoms with Crippen LogP contribution >= 0.6 is 11.3 Å². The van der Waals surface area contributed by atoms with Crippen molar-refractivity contribution in [2.45, 2.75) is 33.2 Å². The van der Waals surface area contributed by atoms with Crippen LogP contribution in [0.3, 0.4) is 0 Å². The number of rotatable bonds is 6. The Balaban J connectivity index is 1.79. The molecule has 0 radical (unpaired) electrons. The van der Waals surface area contributed by atoms with Crippen molar-refractivity contribution in [1.29, 1.82) is 0 Å². The molecule has 1 fully saturated rings. The van der Waals surface area contributed by atoms with Crippen LogP contribution in [0.1, 0.15) is 47.7 Å². The van der Waals surface area contributed by atoms with Gasteiger partial charge in [0.1, 0.15) is 0 Å². The van der Waals surface area contributed by atoms with E-state index in [1.165, 1.54) is 0 Å². The van der Waals surface area contributed by atoms with Gasteiger partial charge in [0.2, 0.25) is 5.95 Å². The maximum Gasteiger partial charge on any atom is 0.255 e. The summed E-state index contributed by atoms with van der Waals surface area (Å²) in [6, 6.07) is 4.07. The van der Waals surface area contributed by atoms with Gasteiger partial charge in [-0.2, -0.15) is 0 Å². The third kappa shape index (κ3) is 4.22. The summed E-state index contributed by atoms with van der Waals surface area (Å²) in [5.74, 6) is 0.874. The molecule has 1 atom stereocenters. The summed E-state index contributed by atoms with van der Waals surface area (Å²) in [5.41, 5.74) is 1.35. The summed E-state index contributed by atoms with van der Waals surface area (Å²) >= 11 is 1.66. The van der Waals surface area contributed by atoms with Gasteiger partial charge in [0.05, 0.1) is 30.5 Å². The molecule has 2 aromatic heterocycles. The number of anilines is 1. The molecular formula is C19H26N4O2S. The molecule has 3 heterocycles. The highest BCUT2D eigenvalue weighted by Crippen LogP contribution is 2.26. The quantitative estimate of drug-likeness (QED) is 0.842. The summed E-state index contributed by atoms with van der Waals surface area (Å²) in [4.78, 5) is 25.3. The smallest absolute Gasteiger partial charge is 0.255 e. The monoisotopic (exact) mass is 374 g/mol. The van der Waals surface area contributed by atoms with Gasteiger partial charge in [-0.15, -0.1) is 11.3 Å². The van der Waals surface area contributed by atoms with Gasteiger partial charge >= 0.3 is 0 Å². The summed E-state index contributed by atoms with van der Waals surface area (Å²) < 4.78 is 5.38. The van der Waals surface area contributed by atoms with Crippen LogP contribution < -0.4 is 10.2 Å². The number of thiophene rings is 1. The van der Waals surface area contributed by atoms with E-state index in [2.05, 4.69) is 40.1 Å². The van der Waals surface area contributed by atoms with Crippen molar-refractivity contribution < 1.29 is 9.53 Å². The first-order chi connectivity index (χ1) is 12.6. The van der Waals surface area contributed by atoms with E-state index in [4.69, 9.17) is 4.74 Å². The van der Waals surface area contributed by atoms with Gasteiger partial charge in [0, 0.05) is 24.2 Å². The largest absolute Gasteiger partial charge is 0.378 e. The fraction of sp³-hybridized carbons (Fsp3) is 0.526. The first-order valence-corrected chi connectivity index (χ1v) is 10.0. The molecule has 1 aliphatic heterocycles. The number of aryl methyl sites for hydroxylation is 1. The van der Waals surface area contributed by atoms with Crippen molar-refractivity contribution in [2.24, 2.45) is 5.92 Å². The van der Waals surface area contributed by atoms with Gasteiger partial charge in [-0.25, -0.2) is 9.97 Å². The lowest BCUT2D eigenvalue weighted by Crippen LogP contribution is -2.38. The van der Waals surface area contributed by atoms with Crippen molar-refractivity contribution in [3.63, 3.8) is 0 Å². The normalized spacial score (nSPS) is 15.9. The third-order valence-electron chi connectivity index (χ3n) is 4.53. The van der Waals surface area contributed by atoms with Crippen molar-refractivity contribution in [3.05, 3.63) is 39.8 Å². The van der Waals surface area contributed by atoms with Crippen molar-refractivity contribution in [3.8, 4) is 0 Å². The molecule has 0 spiro atoms. The number of carbonyl (C=O) groups excluding carboxylic acids is 1. The molecule has 0 unspecified atom stereocenters. The molecule has 6 nitrogen and oxygen atoms in total. The molecular weight excluding hydrogens is 348 g/mol. The Bertz CT molecular complexity index is 727. The molecule has 2 aromatic rings. The highest BCUT2D eigenvalue weighted by atomic mass is 32.1. The van der Waals surface area contributed by atoms with Gasteiger partial charge < -0.3 is 15.0 Å². The van der Waals surface area contributed by atoms with Crippen molar-refractivity contribution in [1.82, 2.24) is 15.3 Å². The molecule has 1 amide bonds. The zero-order chi connectivity index (χ0) is 18.5. The zero-order valence-electron chi connectivity index (χ0n) is 15.6. The van der Waals surface area contributed by atoms with Crippen LogP contribution in [-0.4, -0.2) is 42.2 Å². The average Bonchev–Trinajstić information content (AvgIpc) is 3.20. The Hall–Kier alpha value is -1.99. The summed E-state index contributed by atoms with van der Waals surface area (Å²) in [6.07, 6.45) is 2.35. The second-order valence-electron chi connectivity index (χ2n) is 6.69. The van der Waals surface area contributed by atoms with Gasteiger partial charge in [0.25, 0.3) is 5.91 Å². The number of nitrogens with one attached hydrogen (secondary N) is 1. The van der Waals surface area contributed by atoms with Crippen LogP contribution in [0.25, 0.3) is 0 Å². The van der Waals surface area contributed by atoms with Gasteiger partial charge in [-0.3, -0.25) is 4.79 Å². The average molecular weight is 375 g/mol. The second-order valence-corrected chi connectivity index (χ2v) is 7.67. The van der Waals surface area contributed by atoms with Crippen LogP contribution in [0, 0.1) is 5.92 Å². The first kappa shape index (κ1) is 18.8. The molecule has 140 valence electrons. The molecule has 1 N–H and O–H groups in total. The van der Waals surface area contributed by atoms with E-state index in [0.29, 0.717) is 37.1 Å². The number of ether oxygens (including phenoxy) is 1. The van der Waals surface area contributed by atoms with E-state index < -0.39 is 0 Å². The minimum absolute atomic E-state index is 0.00822. The number of hydrogen-bond donors (Lipinski definition) is 1. The van der Waals surface area contributed by atoms with Crippen LogP contribution in [0.5, 0.6) is 0 Å². The highest BCUT2D eigenvalue weighted by Gasteiger charge is 2.23. The van der Waals surface area contributed by atoms with Crippen molar-refractivity contribution >= 4 is 23.2 Å². The third-order valence-corrected chi connectivity index (χ3v) is 5.49. The molecule has 7 heteroatoms. The van der Waals surface area contributed by atoms with Gasteiger partial charge in [-0.1, -0.05) is 26.8 Å². The Kier molecular flexibility index (Phi) is 6.21. The number of amides is 1. The van der Waals surface area contributed by atoms with Crippen LogP contribution in [-0.2, 0) is 11.2 Å². The molecule has 1 saturated heterocycles. The topological polar surface area (TPSA) is 67.3 Å². The lowest BCUT2D eigenvalue weighted by atomic mass is 10.0. The highest BCUT2D eigenvalue weighted by molar-refractivity contribution is 7.10. The lowest BCUT2D eigenvalue weighted by molar-refractivity contribution is 0.0924. The molecule has 1 aliphatic rings. The number of morpholine rings is 1. The Morgan fingerprint density at radius 1 is 1.38 bits per heavy atom. The van der Waals surface area contributed by atoms with Crippen molar-refractivity contribution in [2.75, 3.05) is 31.2 Å². The maximum atomic E-state index is 12.9. The minimum Gasteiger partial charge on any atom is -0.378 e. The Morgan fingerprint density at radius 3 is 2.77 bits per heavy atom. The second kappa shape index (κ2) is 8.60. The number of aromatic nitrogens is 2. The van der Waals surface area contributed by atoms with E-state index in [1.54, 1.807) is 17.5 Å². The molecule has 0 aliphatic carbocycles. The van der Waals surface area contributed by atoms with E-state index in [1.807, 2.05) is 18.4 Å². The zero-order valence-corrected chi connectivity index (χ0v) is 16.4. The molecule has 0 aromatic carbocycles. The summed E-state index contributed by atoms with van der Waals surface area (Å²) in [6.45, 7) is 9.17. The summed E-state index contributed by atoms with van der Waals surface area (Å²) in [7, 11) is 0. The van der Waals surface area contributed by atoms with Crippen LogP contribution in [0.15, 0.2) is 23.7 Å². The van der Waals surface area contributed by atoms with Gasteiger partial charge in [-0.05, 0) is 23.8 Å². The lowest BCUT2D eigenvalue weighted by Gasteiger charge is -2.27. The fourth-order valence-corrected chi connectivity index (χ4v) is 3.98. The predicted molar refractivity (Wildman–Crippen MR) is 104 cm³/mol. The van der Waals surface area contributed by atoms with E-state index in [9.17, 15) is 4.79 Å². The Morgan fingerprint density at radius 2 is 2.15 bits per heavy atom. The van der Waals surface area contributed by atoms with Gasteiger partial charge in [0.15, 0.2) is 0 Å². The first-order valence-electron chi connectivity index (χ1n) is 9.13. The number of nitrogens with zero attached hydrogens (tertiary/aromatic N) is 3. The Labute approximate surface area is 158 Å². The van der Waals surface area contributed by atoms with E-state index in [0.717, 1.165) is 23.7 Å². The number of hydrogen-bond acceptors (Lipinski definition) is 6. The van der Waals surface area contributed by atoms with Crippen LogP contribution in [0.4, 0.5) is 5.95 Å².